The van der Waals surface area contributed by atoms with Gasteiger partial charge in [-0.2, -0.15) is 0 Å². The summed E-state index contributed by atoms with van der Waals surface area (Å²) in [5.41, 5.74) is 0.583. The molecule has 6 nitrogen and oxygen atoms in total. The number of halogens is 1. The molecular weight excluding hydrogens is 373 g/mol. The van der Waals surface area contributed by atoms with Gasteiger partial charge >= 0.3 is 5.97 Å². The summed E-state index contributed by atoms with van der Waals surface area (Å²) in [5.74, 6) is -1.97. The number of benzene rings is 2. The first-order chi connectivity index (χ1) is 12.9. The van der Waals surface area contributed by atoms with Crippen LogP contribution in [0.25, 0.3) is 0 Å². The molecule has 0 saturated heterocycles. The standard InChI is InChI=1S/C19H20FNO5S/c1-12(19(23)24)27-17-6-4-3-5-14(17)18(22)21-13-7-8-16(15(20)11-13)26-10-9-25-2/h3-8,11-12H,9-10H2,1-2H3,(H,21,22)(H,23,24). The second kappa shape index (κ2) is 9.94. The van der Waals surface area contributed by atoms with E-state index in [2.05, 4.69) is 5.32 Å². The number of carboxylic acid groups (broad SMARTS) is 1. The van der Waals surface area contributed by atoms with Gasteiger partial charge in [0.25, 0.3) is 5.91 Å². The first-order valence-electron chi connectivity index (χ1n) is 8.13. The fourth-order valence-corrected chi connectivity index (χ4v) is 3.05. The second-order valence-corrected chi connectivity index (χ2v) is 6.92. The van der Waals surface area contributed by atoms with Crippen molar-refractivity contribution in [1.29, 1.82) is 0 Å². The molecule has 2 aromatic rings. The van der Waals surface area contributed by atoms with Gasteiger partial charge in [-0.15, -0.1) is 11.8 Å². The Morgan fingerprint density at radius 2 is 1.96 bits per heavy atom. The molecule has 0 aliphatic rings. The summed E-state index contributed by atoms with van der Waals surface area (Å²) in [7, 11) is 1.52. The molecule has 0 bridgehead atoms. The van der Waals surface area contributed by atoms with Crippen molar-refractivity contribution in [3.05, 3.63) is 53.8 Å². The molecule has 8 heteroatoms. The van der Waals surface area contributed by atoms with E-state index in [9.17, 15) is 14.0 Å². The largest absolute Gasteiger partial charge is 0.488 e. The number of carbonyl (C=O) groups is 2. The predicted octanol–water partition coefficient (Wildman–Crippen LogP) is 3.67. The Balaban J connectivity index is 2.11. The average Bonchev–Trinajstić information content (AvgIpc) is 2.64. The number of nitrogens with one attached hydrogen (secondary N) is 1. The molecule has 0 aliphatic heterocycles. The van der Waals surface area contributed by atoms with Crippen LogP contribution in [0.1, 0.15) is 17.3 Å². The van der Waals surface area contributed by atoms with E-state index in [0.717, 1.165) is 17.8 Å². The van der Waals surface area contributed by atoms with E-state index >= 15 is 0 Å². The highest BCUT2D eigenvalue weighted by atomic mass is 32.2. The Morgan fingerprint density at radius 1 is 1.22 bits per heavy atom. The lowest BCUT2D eigenvalue weighted by Gasteiger charge is -2.12. The van der Waals surface area contributed by atoms with Gasteiger partial charge in [-0.1, -0.05) is 12.1 Å². The Hall–Kier alpha value is -2.58. The maximum absolute atomic E-state index is 14.1. The van der Waals surface area contributed by atoms with E-state index in [-0.39, 0.29) is 18.0 Å². The molecule has 27 heavy (non-hydrogen) atoms. The third kappa shape index (κ3) is 5.97. The molecule has 2 rings (SSSR count). The van der Waals surface area contributed by atoms with Crippen LogP contribution in [0.5, 0.6) is 5.75 Å². The predicted molar refractivity (Wildman–Crippen MR) is 101 cm³/mol. The molecule has 0 spiro atoms. The minimum absolute atomic E-state index is 0.0660. The smallest absolute Gasteiger partial charge is 0.316 e. The molecule has 1 atom stereocenters. The summed E-state index contributed by atoms with van der Waals surface area (Å²) in [6.45, 7) is 2.09. The molecule has 1 amide bonds. The van der Waals surface area contributed by atoms with Gasteiger partial charge in [-0.05, 0) is 31.2 Å². The Bertz CT molecular complexity index is 814. The lowest BCUT2D eigenvalue weighted by molar-refractivity contribution is -0.136. The van der Waals surface area contributed by atoms with Crippen molar-refractivity contribution in [1.82, 2.24) is 0 Å². The third-order valence-corrected chi connectivity index (χ3v) is 4.68. The minimum atomic E-state index is -0.971. The monoisotopic (exact) mass is 393 g/mol. The molecule has 0 radical (unpaired) electrons. The van der Waals surface area contributed by atoms with Gasteiger partial charge in [0, 0.05) is 23.8 Å². The molecule has 2 N–H and O–H groups in total. The van der Waals surface area contributed by atoms with Gasteiger partial charge in [0.05, 0.1) is 12.2 Å². The summed E-state index contributed by atoms with van der Waals surface area (Å²) < 4.78 is 24.2. The van der Waals surface area contributed by atoms with Crippen LogP contribution < -0.4 is 10.1 Å². The Kier molecular flexibility index (Phi) is 7.63. The van der Waals surface area contributed by atoms with Gasteiger partial charge in [0.15, 0.2) is 11.6 Å². The highest BCUT2D eigenvalue weighted by molar-refractivity contribution is 8.00. The van der Waals surface area contributed by atoms with E-state index < -0.39 is 22.9 Å². The van der Waals surface area contributed by atoms with Crippen molar-refractivity contribution >= 4 is 29.3 Å². The van der Waals surface area contributed by atoms with Crippen molar-refractivity contribution < 1.29 is 28.6 Å². The highest BCUT2D eigenvalue weighted by Gasteiger charge is 2.18. The normalized spacial score (nSPS) is 11.7. The van der Waals surface area contributed by atoms with Gasteiger partial charge in [-0.3, -0.25) is 9.59 Å². The highest BCUT2D eigenvalue weighted by Crippen LogP contribution is 2.28. The van der Waals surface area contributed by atoms with E-state index in [0.29, 0.717) is 17.1 Å². The van der Waals surface area contributed by atoms with Crippen LogP contribution in [0.4, 0.5) is 10.1 Å². The topological polar surface area (TPSA) is 84.9 Å². The summed E-state index contributed by atoms with van der Waals surface area (Å²) in [4.78, 5) is 24.1. The number of carboxylic acids is 1. The van der Waals surface area contributed by atoms with Gasteiger partial charge in [-0.25, -0.2) is 4.39 Å². The number of carbonyl (C=O) groups excluding carboxylic acids is 1. The number of hydrogen-bond donors (Lipinski definition) is 2. The molecule has 0 saturated carbocycles. The van der Waals surface area contributed by atoms with Crippen molar-refractivity contribution in [2.45, 2.75) is 17.1 Å². The van der Waals surface area contributed by atoms with Gasteiger partial charge in [0.2, 0.25) is 0 Å². The van der Waals surface area contributed by atoms with Crippen molar-refractivity contribution in [2.75, 3.05) is 25.6 Å². The summed E-state index contributed by atoms with van der Waals surface area (Å²) in [6, 6.07) is 10.8. The summed E-state index contributed by atoms with van der Waals surface area (Å²) in [6.07, 6.45) is 0. The molecule has 0 aromatic heterocycles. The number of aliphatic carboxylic acids is 1. The quantitative estimate of drug-likeness (QED) is 0.500. The molecule has 0 fully saturated rings. The number of ether oxygens (including phenoxy) is 2. The van der Waals surface area contributed by atoms with Crippen LogP contribution in [0.2, 0.25) is 0 Å². The Labute approximate surface area is 160 Å². The molecule has 2 aromatic carbocycles. The maximum atomic E-state index is 14.1. The van der Waals surface area contributed by atoms with Crippen LogP contribution in [-0.4, -0.2) is 42.6 Å². The second-order valence-electron chi connectivity index (χ2n) is 5.54. The van der Waals surface area contributed by atoms with Crippen LogP contribution in [-0.2, 0) is 9.53 Å². The number of anilines is 1. The third-order valence-electron chi connectivity index (χ3n) is 3.52. The lowest BCUT2D eigenvalue weighted by atomic mass is 10.2. The molecule has 0 heterocycles. The zero-order valence-electron chi connectivity index (χ0n) is 14.9. The van der Waals surface area contributed by atoms with Gasteiger partial charge in [0.1, 0.15) is 11.9 Å². The molecule has 0 aliphatic carbocycles. The maximum Gasteiger partial charge on any atom is 0.316 e. The number of rotatable bonds is 9. The van der Waals surface area contributed by atoms with Crippen LogP contribution in [0.3, 0.4) is 0 Å². The average molecular weight is 393 g/mol. The first-order valence-corrected chi connectivity index (χ1v) is 9.01. The van der Waals surface area contributed by atoms with Crippen LogP contribution in [0, 0.1) is 5.82 Å². The summed E-state index contributed by atoms with van der Waals surface area (Å²) in [5, 5.41) is 11.0. The van der Waals surface area contributed by atoms with Crippen molar-refractivity contribution in [2.24, 2.45) is 0 Å². The van der Waals surface area contributed by atoms with Crippen molar-refractivity contribution in [3.8, 4) is 5.75 Å². The fraction of sp³-hybridized carbons (Fsp3) is 0.263. The molecular formula is C19H20FNO5S. The lowest BCUT2D eigenvalue weighted by Crippen LogP contribution is -2.16. The minimum Gasteiger partial charge on any atom is -0.488 e. The number of hydrogen-bond acceptors (Lipinski definition) is 5. The Morgan fingerprint density at radius 3 is 2.63 bits per heavy atom. The van der Waals surface area contributed by atoms with E-state index in [4.69, 9.17) is 14.6 Å². The van der Waals surface area contributed by atoms with Crippen LogP contribution >= 0.6 is 11.8 Å². The van der Waals surface area contributed by atoms with Crippen LogP contribution in [0.15, 0.2) is 47.4 Å². The SMILES string of the molecule is COCCOc1ccc(NC(=O)c2ccccc2SC(C)C(=O)O)cc1F. The fourth-order valence-electron chi connectivity index (χ4n) is 2.13. The number of amides is 1. The van der Waals surface area contributed by atoms with E-state index in [1.807, 2.05) is 0 Å². The van der Waals surface area contributed by atoms with Gasteiger partial charge < -0.3 is 19.9 Å². The molecule has 144 valence electrons. The molecule has 1 unspecified atom stereocenters. The number of methoxy groups -OCH3 is 1. The first kappa shape index (κ1) is 20.7. The zero-order chi connectivity index (χ0) is 19.8. The summed E-state index contributed by atoms with van der Waals surface area (Å²) >= 11 is 1.07. The van der Waals surface area contributed by atoms with E-state index in [1.165, 1.54) is 19.2 Å². The van der Waals surface area contributed by atoms with Crippen molar-refractivity contribution in [3.63, 3.8) is 0 Å². The van der Waals surface area contributed by atoms with E-state index in [1.54, 1.807) is 31.2 Å². The number of thioether (sulfide) groups is 1. The zero-order valence-corrected chi connectivity index (χ0v) is 15.7.